The molecule has 1 aromatic rings. The van der Waals surface area contributed by atoms with Crippen molar-refractivity contribution in [2.24, 2.45) is 0 Å². The van der Waals surface area contributed by atoms with Gasteiger partial charge in [0.15, 0.2) is 0 Å². The fourth-order valence-electron chi connectivity index (χ4n) is 2.15. The van der Waals surface area contributed by atoms with Crippen LogP contribution in [0.3, 0.4) is 0 Å². The molecule has 1 unspecified atom stereocenters. The molecule has 0 heterocycles. The lowest BCUT2D eigenvalue weighted by molar-refractivity contribution is -0.384. The van der Waals surface area contributed by atoms with E-state index in [2.05, 4.69) is 5.32 Å². The van der Waals surface area contributed by atoms with Crippen molar-refractivity contribution in [3.05, 3.63) is 39.4 Å². The summed E-state index contributed by atoms with van der Waals surface area (Å²) in [6, 6.07) is 4.75. The first kappa shape index (κ1) is 10.6. The highest BCUT2D eigenvalue weighted by Crippen LogP contribution is 2.35. The number of benzene rings is 1. The molecular formula is C11H12N2O3. The van der Waals surface area contributed by atoms with Crippen molar-refractivity contribution in [2.45, 2.75) is 18.8 Å². The Kier molecular flexibility index (Phi) is 2.60. The van der Waals surface area contributed by atoms with Crippen molar-refractivity contribution in [1.29, 1.82) is 0 Å². The van der Waals surface area contributed by atoms with Gasteiger partial charge in [-0.05, 0) is 24.0 Å². The third kappa shape index (κ3) is 1.64. The molecule has 1 N–H and O–H groups in total. The number of fused-ring (bicyclic) bond motifs is 1. The van der Waals surface area contributed by atoms with E-state index in [1.807, 2.05) is 0 Å². The molecule has 1 atom stereocenters. The second-order valence-electron chi connectivity index (χ2n) is 3.85. The highest BCUT2D eigenvalue weighted by molar-refractivity contribution is 5.84. The lowest BCUT2D eigenvalue weighted by Gasteiger charge is -2.09. The Labute approximate surface area is 92.6 Å². The number of likely N-dealkylation sites (N-methyl/N-ethyl adjacent to an activating group) is 1. The largest absolute Gasteiger partial charge is 0.359 e. The zero-order valence-corrected chi connectivity index (χ0v) is 8.90. The number of nitro benzene ring substituents is 1. The van der Waals surface area contributed by atoms with Crippen LogP contribution in [0.5, 0.6) is 0 Å². The molecule has 0 bridgehead atoms. The summed E-state index contributed by atoms with van der Waals surface area (Å²) in [5.41, 5.74) is 1.89. The normalized spacial score (nSPS) is 17.9. The summed E-state index contributed by atoms with van der Waals surface area (Å²) in [7, 11) is 1.58. The number of non-ortho nitro benzene ring substituents is 1. The van der Waals surface area contributed by atoms with Gasteiger partial charge >= 0.3 is 0 Å². The molecule has 1 amide bonds. The minimum Gasteiger partial charge on any atom is -0.359 e. The molecule has 5 heteroatoms. The average Bonchev–Trinajstić information content (AvgIpc) is 2.70. The molecule has 0 aliphatic heterocycles. The van der Waals surface area contributed by atoms with Crippen LogP contribution < -0.4 is 5.32 Å². The maximum Gasteiger partial charge on any atom is 0.269 e. The van der Waals surface area contributed by atoms with Gasteiger partial charge in [0.25, 0.3) is 5.69 Å². The number of nitrogens with one attached hydrogen (secondary N) is 1. The van der Waals surface area contributed by atoms with Crippen LogP contribution >= 0.6 is 0 Å². The third-order valence-electron chi connectivity index (χ3n) is 2.98. The Morgan fingerprint density at radius 1 is 1.56 bits per heavy atom. The monoisotopic (exact) mass is 220 g/mol. The molecule has 0 spiro atoms. The number of nitrogens with zero attached hydrogens (tertiary/aromatic N) is 1. The van der Waals surface area contributed by atoms with Gasteiger partial charge in [0, 0.05) is 19.2 Å². The second-order valence-corrected chi connectivity index (χ2v) is 3.85. The van der Waals surface area contributed by atoms with Crippen LogP contribution in [0.2, 0.25) is 0 Å². The fourth-order valence-corrected chi connectivity index (χ4v) is 2.15. The summed E-state index contributed by atoms with van der Waals surface area (Å²) >= 11 is 0. The summed E-state index contributed by atoms with van der Waals surface area (Å²) in [4.78, 5) is 21.8. The smallest absolute Gasteiger partial charge is 0.269 e. The number of carbonyl (C=O) groups is 1. The van der Waals surface area contributed by atoms with E-state index in [0.29, 0.717) is 0 Å². The number of aryl methyl sites for hydroxylation is 1. The molecule has 5 nitrogen and oxygen atoms in total. The molecule has 1 aliphatic carbocycles. The maximum atomic E-state index is 11.6. The average molecular weight is 220 g/mol. The summed E-state index contributed by atoms with van der Waals surface area (Å²) in [6.07, 6.45) is 1.54. The molecule has 0 fully saturated rings. The van der Waals surface area contributed by atoms with Crippen LogP contribution in [-0.2, 0) is 11.2 Å². The van der Waals surface area contributed by atoms with E-state index in [4.69, 9.17) is 0 Å². The van der Waals surface area contributed by atoms with Crippen molar-refractivity contribution in [3.63, 3.8) is 0 Å². The lowest BCUT2D eigenvalue weighted by Crippen LogP contribution is -2.24. The van der Waals surface area contributed by atoms with Crippen LogP contribution in [0, 0.1) is 10.1 Å². The van der Waals surface area contributed by atoms with Gasteiger partial charge < -0.3 is 5.32 Å². The summed E-state index contributed by atoms with van der Waals surface area (Å²) in [6.45, 7) is 0. The number of hydrogen-bond donors (Lipinski definition) is 1. The van der Waals surface area contributed by atoms with Crippen LogP contribution in [-0.4, -0.2) is 17.9 Å². The van der Waals surface area contributed by atoms with Gasteiger partial charge in [0.1, 0.15) is 0 Å². The molecule has 1 aliphatic rings. The van der Waals surface area contributed by atoms with Gasteiger partial charge in [-0.15, -0.1) is 0 Å². The number of amides is 1. The quantitative estimate of drug-likeness (QED) is 0.604. The Morgan fingerprint density at radius 2 is 2.31 bits per heavy atom. The first-order chi connectivity index (χ1) is 7.63. The predicted octanol–water partition coefficient (Wildman–Crippen LogP) is 1.37. The van der Waals surface area contributed by atoms with E-state index < -0.39 is 4.92 Å². The van der Waals surface area contributed by atoms with E-state index in [0.717, 1.165) is 24.0 Å². The second kappa shape index (κ2) is 3.92. The molecule has 0 saturated carbocycles. The van der Waals surface area contributed by atoms with Gasteiger partial charge in [-0.25, -0.2) is 0 Å². The topological polar surface area (TPSA) is 72.2 Å². The highest BCUT2D eigenvalue weighted by atomic mass is 16.6. The molecular weight excluding hydrogens is 208 g/mol. The van der Waals surface area contributed by atoms with Crippen molar-refractivity contribution >= 4 is 11.6 Å². The molecule has 0 aromatic heterocycles. The van der Waals surface area contributed by atoms with Crippen LogP contribution in [0.4, 0.5) is 5.69 Å². The Balaban J connectivity index is 2.40. The Bertz CT molecular complexity index is 457. The predicted molar refractivity (Wildman–Crippen MR) is 58.2 cm³/mol. The Morgan fingerprint density at radius 3 is 2.94 bits per heavy atom. The molecule has 16 heavy (non-hydrogen) atoms. The number of hydrogen-bond acceptors (Lipinski definition) is 3. The summed E-state index contributed by atoms with van der Waals surface area (Å²) < 4.78 is 0. The van der Waals surface area contributed by atoms with E-state index in [1.54, 1.807) is 13.1 Å². The van der Waals surface area contributed by atoms with Gasteiger partial charge in [-0.1, -0.05) is 6.07 Å². The van der Waals surface area contributed by atoms with Gasteiger partial charge in [-0.2, -0.15) is 0 Å². The number of carbonyl (C=O) groups excluding carboxylic acids is 1. The van der Waals surface area contributed by atoms with Crippen molar-refractivity contribution in [1.82, 2.24) is 5.32 Å². The fraction of sp³-hybridized carbons (Fsp3) is 0.364. The zero-order valence-electron chi connectivity index (χ0n) is 8.90. The molecule has 2 rings (SSSR count). The van der Waals surface area contributed by atoms with E-state index in [-0.39, 0.29) is 17.5 Å². The van der Waals surface area contributed by atoms with Gasteiger partial charge in [0.2, 0.25) is 5.91 Å². The SMILES string of the molecule is CNC(=O)C1CCc2ccc([N+](=O)[O-])cc21. The lowest BCUT2D eigenvalue weighted by atomic mass is 10.00. The molecule has 0 saturated heterocycles. The molecule has 84 valence electrons. The molecule has 0 radical (unpaired) electrons. The standard InChI is InChI=1S/C11H12N2O3/c1-12-11(14)9-5-3-7-2-4-8(13(15)16)6-10(7)9/h2,4,6,9H,3,5H2,1H3,(H,12,14). The van der Waals surface area contributed by atoms with Crippen LogP contribution in [0.25, 0.3) is 0 Å². The van der Waals surface area contributed by atoms with Gasteiger partial charge in [-0.3, -0.25) is 14.9 Å². The van der Waals surface area contributed by atoms with Crippen LogP contribution in [0.15, 0.2) is 18.2 Å². The Hall–Kier alpha value is -1.91. The third-order valence-corrected chi connectivity index (χ3v) is 2.98. The number of nitro groups is 1. The zero-order chi connectivity index (χ0) is 11.7. The maximum absolute atomic E-state index is 11.6. The van der Waals surface area contributed by atoms with Crippen molar-refractivity contribution < 1.29 is 9.72 Å². The minimum absolute atomic E-state index is 0.0505. The van der Waals surface area contributed by atoms with Gasteiger partial charge in [0.05, 0.1) is 10.8 Å². The van der Waals surface area contributed by atoms with E-state index in [1.165, 1.54) is 12.1 Å². The summed E-state index contributed by atoms with van der Waals surface area (Å²) in [5.74, 6) is -0.306. The van der Waals surface area contributed by atoms with Crippen molar-refractivity contribution in [3.8, 4) is 0 Å². The highest BCUT2D eigenvalue weighted by Gasteiger charge is 2.29. The van der Waals surface area contributed by atoms with Crippen molar-refractivity contribution in [2.75, 3.05) is 7.05 Å². The number of rotatable bonds is 2. The van der Waals surface area contributed by atoms with Crippen LogP contribution in [0.1, 0.15) is 23.5 Å². The minimum atomic E-state index is -0.431. The first-order valence-electron chi connectivity index (χ1n) is 5.12. The first-order valence-corrected chi connectivity index (χ1v) is 5.12. The van der Waals surface area contributed by atoms with E-state index in [9.17, 15) is 14.9 Å². The van der Waals surface area contributed by atoms with E-state index >= 15 is 0 Å². The molecule has 1 aromatic carbocycles. The summed E-state index contributed by atoms with van der Waals surface area (Å²) in [5, 5.41) is 13.2.